The second-order valence-corrected chi connectivity index (χ2v) is 4.88. The molecule has 0 saturated carbocycles. The number of aromatic nitrogens is 4. The predicted molar refractivity (Wildman–Crippen MR) is 64.2 cm³/mol. The third-order valence-electron chi connectivity index (χ3n) is 2.15. The van der Waals surface area contributed by atoms with Gasteiger partial charge in [-0.1, -0.05) is 11.3 Å². The van der Waals surface area contributed by atoms with Crippen molar-refractivity contribution in [2.75, 3.05) is 6.54 Å². The molecule has 8 heteroatoms. The van der Waals surface area contributed by atoms with Gasteiger partial charge in [-0.25, -0.2) is 4.98 Å². The molecule has 1 N–H and O–H groups in total. The lowest BCUT2D eigenvalue weighted by atomic mass is 10.4. The van der Waals surface area contributed by atoms with E-state index in [9.17, 15) is 4.79 Å². The minimum Gasteiger partial charge on any atom is -0.349 e. The molecule has 90 valence electrons. The molecule has 0 bridgehead atoms. The van der Waals surface area contributed by atoms with Crippen LogP contribution < -0.4 is 5.32 Å². The molecule has 2 heterocycles. The van der Waals surface area contributed by atoms with Crippen molar-refractivity contribution in [1.29, 1.82) is 0 Å². The van der Waals surface area contributed by atoms with E-state index in [1.807, 2.05) is 17.8 Å². The van der Waals surface area contributed by atoms with Crippen LogP contribution in [0.5, 0.6) is 0 Å². The molecule has 0 aromatic carbocycles. The van der Waals surface area contributed by atoms with Gasteiger partial charge in [0.05, 0.1) is 0 Å². The number of halogens is 1. The van der Waals surface area contributed by atoms with Gasteiger partial charge >= 0.3 is 0 Å². The van der Waals surface area contributed by atoms with Crippen LogP contribution in [-0.2, 0) is 13.5 Å². The fraction of sp³-hybridized carbons (Fsp3) is 0.333. The highest BCUT2D eigenvalue weighted by Crippen LogP contribution is 2.14. The van der Waals surface area contributed by atoms with Gasteiger partial charge in [-0.2, -0.15) is 0 Å². The lowest BCUT2D eigenvalue weighted by Gasteiger charge is -2.02. The summed E-state index contributed by atoms with van der Waals surface area (Å²) < 4.78 is 2.17. The Balaban J connectivity index is 1.83. The van der Waals surface area contributed by atoms with E-state index in [1.54, 1.807) is 6.20 Å². The number of nitrogens with one attached hydrogen (secondary N) is 1. The lowest BCUT2D eigenvalue weighted by molar-refractivity contribution is 0.0953. The number of carbonyl (C=O) groups is 1. The second kappa shape index (κ2) is 5.24. The minimum atomic E-state index is -0.261. The molecule has 17 heavy (non-hydrogen) atoms. The van der Waals surface area contributed by atoms with Crippen molar-refractivity contribution in [2.45, 2.75) is 6.42 Å². The summed E-state index contributed by atoms with van der Waals surface area (Å²) in [5.41, 5.74) is 0. The van der Waals surface area contributed by atoms with Crippen LogP contribution in [0, 0.1) is 0 Å². The van der Waals surface area contributed by atoms with Crippen molar-refractivity contribution in [3.8, 4) is 0 Å². The summed E-state index contributed by atoms with van der Waals surface area (Å²) in [4.78, 5) is 15.7. The quantitative estimate of drug-likeness (QED) is 0.897. The summed E-state index contributed by atoms with van der Waals surface area (Å²) in [5, 5.41) is 10.2. The Morgan fingerprint density at radius 1 is 1.59 bits per heavy atom. The number of aryl methyl sites for hydroxylation is 1. The first-order valence-corrected chi connectivity index (χ1v) is 6.09. The average molecular weight is 272 g/mol. The van der Waals surface area contributed by atoms with E-state index in [4.69, 9.17) is 11.6 Å². The largest absolute Gasteiger partial charge is 0.349 e. The number of amides is 1. The fourth-order valence-corrected chi connectivity index (χ4v) is 2.04. The number of rotatable bonds is 4. The first-order chi connectivity index (χ1) is 8.16. The zero-order valence-corrected chi connectivity index (χ0v) is 10.6. The van der Waals surface area contributed by atoms with Gasteiger partial charge in [-0.05, 0) is 11.6 Å². The monoisotopic (exact) mass is 271 g/mol. The van der Waals surface area contributed by atoms with Crippen molar-refractivity contribution in [3.63, 3.8) is 0 Å². The van der Waals surface area contributed by atoms with E-state index < -0.39 is 0 Å². The summed E-state index contributed by atoms with van der Waals surface area (Å²) in [5.74, 6) is 0.657. The van der Waals surface area contributed by atoms with Crippen LogP contribution >= 0.6 is 22.9 Å². The van der Waals surface area contributed by atoms with Crippen LogP contribution in [-0.4, -0.2) is 32.2 Å². The third kappa shape index (κ3) is 3.01. The van der Waals surface area contributed by atoms with Crippen molar-refractivity contribution >= 4 is 28.8 Å². The topological polar surface area (TPSA) is 72.7 Å². The maximum atomic E-state index is 11.6. The van der Waals surface area contributed by atoms with Gasteiger partial charge in [0, 0.05) is 32.4 Å². The molecule has 0 saturated heterocycles. The maximum Gasteiger partial charge on any atom is 0.282 e. The minimum absolute atomic E-state index is 0.261. The molecule has 0 atom stereocenters. The fourth-order valence-electron chi connectivity index (χ4n) is 1.30. The molecule has 6 nitrogen and oxygen atoms in total. The molecular formula is C9H10ClN5OS. The van der Waals surface area contributed by atoms with Gasteiger partial charge in [-0.3, -0.25) is 4.79 Å². The zero-order valence-electron chi connectivity index (χ0n) is 9.05. The Labute approximate surface area is 107 Å². The normalized spacial score (nSPS) is 10.5. The molecule has 0 aliphatic heterocycles. The summed E-state index contributed by atoms with van der Waals surface area (Å²) >= 11 is 6.65. The van der Waals surface area contributed by atoms with Crippen LogP contribution in [0.3, 0.4) is 0 Å². The molecule has 0 fully saturated rings. The Kier molecular flexibility index (Phi) is 3.70. The van der Waals surface area contributed by atoms with Crippen molar-refractivity contribution in [3.05, 3.63) is 27.7 Å². The van der Waals surface area contributed by atoms with Gasteiger partial charge in [0.2, 0.25) is 9.47 Å². The molecule has 0 aliphatic rings. The summed E-state index contributed by atoms with van der Waals surface area (Å²) in [6.07, 6.45) is 4.26. The SMILES string of the molecule is Cn1ccnc1CCNC(=O)c1nnc(Cl)s1. The van der Waals surface area contributed by atoms with Gasteiger partial charge in [-0.15, -0.1) is 10.2 Å². The molecule has 0 unspecified atom stereocenters. The van der Waals surface area contributed by atoms with Gasteiger partial charge in [0.15, 0.2) is 0 Å². The van der Waals surface area contributed by atoms with E-state index in [-0.39, 0.29) is 15.4 Å². The van der Waals surface area contributed by atoms with E-state index >= 15 is 0 Å². The molecule has 0 radical (unpaired) electrons. The molecule has 2 aromatic rings. The maximum absolute atomic E-state index is 11.6. The highest BCUT2D eigenvalue weighted by Gasteiger charge is 2.11. The highest BCUT2D eigenvalue weighted by molar-refractivity contribution is 7.17. The van der Waals surface area contributed by atoms with Crippen LogP contribution in [0.25, 0.3) is 0 Å². The van der Waals surface area contributed by atoms with Crippen LogP contribution in [0.1, 0.15) is 15.6 Å². The van der Waals surface area contributed by atoms with Crippen LogP contribution in [0.2, 0.25) is 4.47 Å². The smallest absolute Gasteiger partial charge is 0.282 e. The molecule has 2 aromatic heterocycles. The van der Waals surface area contributed by atoms with Crippen molar-refractivity contribution in [2.24, 2.45) is 7.05 Å². The second-order valence-electron chi connectivity index (χ2n) is 3.32. The van der Waals surface area contributed by atoms with E-state index in [1.165, 1.54) is 0 Å². The standard InChI is InChI=1S/C9H10ClN5OS/c1-15-5-4-11-6(15)2-3-12-7(16)8-13-14-9(10)17-8/h4-5H,2-3H2,1H3,(H,12,16). The first kappa shape index (κ1) is 12.0. The number of nitrogens with zero attached hydrogens (tertiary/aromatic N) is 4. The van der Waals surface area contributed by atoms with Crippen LogP contribution in [0.4, 0.5) is 0 Å². The molecule has 1 amide bonds. The van der Waals surface area contributed by atoms with Crippen molar-refractivity contribution in [1.82, 2.24) is 25.1 Å². The van der Waals surface area contributed by atoms with E-state index in [2.05, 4.69) is 20.5 Å². The van der Waals surface area contributed by atoms with Gasteiger partial charge < -0.3 is 9.88 Å². The molecule has 2 rings (SSSR count). The lowest BCUT2D eigenvalue weighted by Crippen LogP contribution is -2.26. The average Bonchev–Trinajstić information content (AvgIpc) is 2.88. The van der Waals surface area contributed by atoms with E-state index in [0.29, 0.717) is 13.0 Å². The predicted octanol–water partition coefficient (Wildman–Crippen LogP) is 0.898. The Bertz CT molecular complexity index is 523. The van der Waals surface area contributed by atoms with Crippen molar-refractivity contribution < 1.29 is 4.79 Å². The van der Waals surface area contributed by atoms with Gasteiger partial charge in [0.1, 0.15) is 5.82 Å². The molecule has 0 aliphatic carbocycles. The summed E-state index contributed by atoms with van der Waals surface area (Å²) in [6, 6.07) is 0. The third-order valence-corrected chi connectivity index (χ3v) is 3.17. The number of imidazole rings is 1. The summed E-state index contributed by atoms with van der Waals surface area (Å²) in [6.45, 7) is 0.501. The van der Waals surface area contributed by atoms with E-state index in [0.717, 1.165) is 17.2 Å². The first-order valence-electron chi connectivity index (χ1n) is 4.90. The highest BCUT2D eigenvalue weighted by atomic mass is 35.5. The Hall–Kier alpha value is -1.47. The Morgan fingerprint density at radius 2 is 2.41 bits per heavy atom. The number of hydrogen-bond acceptors (Lipinski definition) is 5. The molecular weight excluding hydrogens is 262 g/mol. The van der Waals surface area contributed by atoms with Gasteiger partial charge in [0.25, 0.3) is 5.91 Å². The number of carbonyl (C=O) groups excluding carboxylic acids is 1. The summed E-state index contributed by atoms with van der Waals surface area (Å²) in [7, 11) is 1.91. The number of hydrogen-bond donors (Lipinski definition) is 1. The molecule has 0 spiro atoms. The Morgan fingerprint density at radius 3 is 3.00 bits per heavy atom. The van der Waals surface area contributed by atoms with Crippen LogP contribution in [0.15, 0.2) is 12.4 Å². The zero-order chi connectivity index (χ0) is 12.3.